The summed E-state index contributed by atoms with van der Waals surface area (Å²) in [5.41, 5.74) is 1.14. The molecule has 134 valence electrons. The normalized spacial score (nSPS) is 21.8. The van der Waals surface area contributed by atoms with Gasteiger partial charge in [0.1, 0.15) is 0 Å². The second kappa shape index (κ2) is 7.25. The molecule has 0 radical (unpaired) electrons. The largest absolute Gasteiger partial charge is 0.373 e. The highest BCUT2D eigenvalue weighted by atomic mass is 32.2. The average Bonchev–Trinajstić information content (AvgIpc) is 3.07. The highest BCUT2D eigenvalue weighted by Gasteiger charge is 2.32. The second-order valence-corrected chi connectivity index (χ2v) is 8.79. The fourth-order valence-electron chi connectivity index (χ4n) is 2.79. The van der Waals surface area contributed by atoms with Gasteiger partial charge in [-0.1, -0.05) is 0 Å². The van der Waals surface area contributed by atoms with Crippen molar-refractivity contribution in [3.05, 3.63) is 46.7 Å². The van der Waals surface area contributed by atoms with Crippen LogP contribution in [0.4, 0.5) is 5.69 Å². The molecule has 0 saturated carbocycles. The Morgan fingerprint density at radius 3 is 2.36 bits per heavy atom. The number of hydrogen-bond acceptors (Lipinski definition) is 5. The van der Waals surface area contributed by atoms with Crippen LogP contribution >= 0.6 is 11.3 Å². The summed E-state index contributed by atoms with van der Waals surface area (Å²) in [6, 6.07) is 7.82. The van der Waals surface area contributed by atoms with E-state index in [1.54, 1.807) is 0 Å². The standard InChI is InChI=1S/C17H20N2O4S2/c1-12-9-19(10-13(2)23-12)25(21,22)16-5-3-14(4-6-16)17(20)18-15-7-8-24-11-15/h3-8,11-13H,9-10H2,1-2H3,(H,18,20). The SMILES string of the molecule is CC1CN(S(=O)(=O)c2ccc(C(=O)Nc3ccsc3)cc2)CC(C)O1. The van der Waals surface area contributed by atoms with Crippen LogP contribution in [0.2, 0.25) is 0 Å². The molecule has 2 atom stereocenters. The van der Waals surface area contributed by atoms with Gasteiger partial charge in [0.2, 0.25) is 10.0 Å². The predicted octanol–water partition coefficient (Wildman–Crippen LogP) is 2.80. The number of anilines is 1. The van der Waals surface area contributed by atoms with Gasteiger partial charge in [0, 0.05) is 24.0 Å². The minimum Gasteiger partial charge on any atom is -0.373 e. The molecule has 6 nitrogen and oxygen atoms in total. The molecular formula is C17H20N2O4S2. The third-order valence-corrected chi connectivity index (χ3v) is 6.45. The molecular weight excluding hydrogens is 360 g/mol. The Hall–Kier alpha value is -1.74. The van der Waals surface area contributed by atoms with Crippen LogP contribution in [0.3, 0.4) is 0 Å². The van der Waals surface area contributed by atoms with Gasteiger partial charge < -0.3 is 10.1 Å². The molecule has 3 rings (SSSR count). The van der Waals surface area contributed by atoms with E-state index in [2.05, 4.69) is 5.32 Å². The van der Waals surface area contributed by atoms with Gasteiger partial charge in [-0.3, -0.25) is 4.79 Å². The van der Waals surface area contributed by atoms with E-state index in [0.29, 0.717) is 18.7 Å². The minimum atomic E-state index is -3.60. The van der Waals surface area contributed by atoms with Crippen LogP contribution in [0, 0.1) is 0 Å². The molecule has 1 aliphatic heterocycles. The van der Waals surface area contributed by atoms with Gasteiger partial charge in [0.05, 0.1) is 22.8 Å². The first-order valence-corrected chi connectivity index (χ1v) is 10.3. The minimum absolute atomic E-state index is 0.144. The molecule has 1 amide bonds. The Labute approximate surface area is 151 Å². The molecule has 0 spiro atoms. The monoisotopic (exact) mass is 380 g/mol. The van der Waals surface area contributed by atoms with Gasteiger partial charge in [-0.25, -0.2) is 8.42 Å². The number of rotatable bonds is 4. The van der Waals surface area contributed by atoms with Gasteiger partial charge in [-0.05, 0) is 49.6 Å². The summed E-state index contributed by atoms with van der Waals surface area (Å²) in [4.78, 5) is 12.4. The number of carbonyl (C=O) groups is 1. The van der Waals surface area contributed by atoms with Crippen molar-refractivity contribution < 1.29 is 17.9 Å². The summed E-state index contributed by atoms with van der Waals surface area (Å²) in [7, 11) is -3.60. The zero-order valence-electron chi connectivity index (χ0n) is 14.0. The van der Waals surface area contributed by atoms with Gasteiger partial charge in [0.15, 0.2) is 0 Å². The van der Waals surface area contributed by atoms with Crippen LogP contribution < -0.4 is 5.32 Å². The first-order chi connectivity index (χ1) is 11.9. The van der Waals surface area contributed by atoms with Crippen molar-refractivity contribution in [3.63, 3.8) is 0 Å². The number of ether oxygens (including phenoxy) is 1. The lowest BCUT2D eigenvalue weighted by Crippen LogP contribution is -2.48. The van der Waals surface area contributed by atoms with Crippen molar-refractivity contribution in [2.24, 2.45) is 0 Å². The van der Waals surface area contributed by atoms with E-state index in [1.807, 2.05) is 30.7 Å². The molecule has 2 heterocycles. The summed E-state index contributed by atoms with van der Waals surface area (Å²) in [5.74, 6) is -0.268. The Morgan fingerprint density at radius 2 is 1.80 bits per heavy atom. The molecule has 0 aliphatic carbocycles. The van der Waals surface area contributed by atoms with Crippen LogP contribution in [0.15, 0.2) is 46.0 Å². The smallest absolute Gasteiger partial charge is 0.255 e. The summed E-state index contributed by atoms with van der Waals surface area (Å²) >= 11 is 1.49. The summed E-state index contributed by atoms with van der Waals surface area (Å²) in [6.07, 6.45) is -0.289. The van der Waals surface area contributed by atoms with Crippen molar-refractivity contribution in [1.29, 1.82) is 0 Å². The summed E-state index contributed by atoms with van der Waals surface area (Å²) in [6.45, 7) is 4.37. The number of nitrogens with one attached hydrogen (secondary N) is 1. The third-order valence-electron chi connectivity index (χ3n) is 3.92. The highest BCUT2D eigenvalue weighted by molar-refractivity contribution is 7.89. The van der Waals surface area contributed by atoms with E-state index in [9.17, 15) is 13.2 Å². The molecule has 1 fully saturated rings. The van der Waals surface area contributed by atoms with Crippen molar-refractivity contribution in [2.45, 2.75) is 31.0 Å². The van der Waals surface area contributed by atoms with E-state index in [4.69, 9.17) is 4.74 Å². The average molecular weight is 380 g/mol. The zero-order valence-corrected chi connectivity index (χ0v) is 15.6. The number of nitrogens with zero attached hydrogens (tertiary/aromatic N) is 1. The van der Waals surface area contributed by atoms with Crippen LogP contribution in [0.5, 0.6) is 0 Å². The third kappa shape index (κ3) is 4.09. The van der Waals surface area contributed by atoms with Crippen LogP contribution in [0.25, 0.3) is 0 Å². The molecule has 1 aliphatic rings. The van der Waals surface area contributed by atoms with Crippen molar-refractivity contribution >= 4 is 33.0 Å². The number of thiophene rings is 1. The number of sulfonamides is 1. The number of amides is 1. The summed E-state index contributed by atoms with van der Waals surface area (Å²) in [5, 5.41) is 6.47. The maximum absolute atomic E-state index is 12.8. The lowest BCUT2D eigenvalue weighted by molar-refractivity contribution is -0.0440. The van der Waals surface area contributed by atoms with Gasteiger partial charge in [0.25, 0.3) is 5.91 Å². The van der Waals surface area contributed by atoms with Crippen LogP contribution in [-0.2, 0) is 14.8 Å². The molecule has 0 bridgehead atoms. The molecule has 1 N–H and O–H groups in total. The first-order valence-electron chi connectivity index (χ1n) is 7.95. The van der Waals surface area contributed by atoms with Crippen LogP contribution in [0.1, 0.15) is 24.2 Å². The lowest BCUT2D eigenvalue weighted by atomic mass is 10.2. The van der Waals surface area contributed by atoms with Gasteiger partial charge >= 0.3 is 0 Å². The Kier molecular flexibility index (Phi) is 5.24. The van der Waals surface area contributed by atoms with Crippen molar-refractivity contribution in [2.75, 3.05) is 18.4 Å². The number of carbonyl (C=O) groups excluding carboxylic acids is 1. The molecule has 1 saturated heterocycles. The maximum Gasteiger partial charge on any atom is 0.255 e. The van der Waals surface area contributed by atoms with E-state index in [1.165, 1.54) is 39.9 Å². The van der Waals surface area contributed by atoms with Crippen molar-refractivity contribution in [3.8, 4) is 0 Å². The molecule has 1 aromatic carbocycles. The second-order valence-electron chi connectivity index (χ2n) is 6.07. The van der Waals surface area contributed by atoms with E-state index < -0.39 is 10.0 Å². The maximum atomic E-state index is 12.8. The number of hydrogen-bond donors (Lipinski definition) is 1. The molecule has 2 aromatic rings. The first kappa shape index (κ1) is 18.1. The van der Waals surface area contributed by atoms with Crippen molar-refractivity contribution in [1.82, 2.24) is 4.31 Å². The quantitative estimate of drug-likeness (QED) is 0.885. The van der Waals surface area contributed by atoms with Gasteiger partial charge in [-0.2, -0.15) is 15.6 Å². The number of benzene rings is 1. The topological polar surface area (TPSA) is 75.7 Å². The van der Waals surface area contributed by atoms with E-state index >= 15 is 0 Å². The number of morpholine rings is 1. The van der Waals surface area contributed by atoms with E-state index in [0.717, 1.165) is 5.69 Å². The Balaban J connectivity index is 1.76. The highest BCUT2D eigenvalue weighted by Crippen LogP contribution is 2.22. The molecule has 2 unspecified atom stereocenters. The summed E-state index contributed by atoms with van der Waals surface area (Å²) < 4.78 is 32.6. The molecule has 25 heavy (non-hydrogen) atoms. The van der Waals surface area contributed by atoms with Crippen LogP contribution in [-0.4, -0.2) is 43.9 Å². The fraction of sp³-hybridized carbons (Fsp3) is 0.353. The molecule has 1 aromatic heterocycles. The van der Waals surface area contributed by atoms with Gasteiger partial charge in [-0.15, -0.1) is 0 Å². The van der Waals surface area contributed by atoms with E-state index in [-0.39, 0.29) is 23.0 Å². The zero-order chi connectivity index (χ0) is 18.0. The fourth-order valence-corrected chi connectivity index (χ4v) is 4.97. The molecule has 8 heteroatoms. The Bertz CT molecular complexity index is 822. The Morgan fingerprint density at radius 1 is 1.16 bits per heavy atom. The predicted molar refractivity (Wildman–Crippen MR) is 97.5 cm³/mol. The lowest BCUT2D eigenvalue weighted by Gasteiger charge is -2.34.